The van der Waals surface area contributed by atoms with Gasteiger partial charge >= 0.3 is 0 Å². The highest BCUT2D eigenvalue weighted by Gasteiger charge is 2.38. The Balaban J connectivity index is 1.36. The van der Waals surface area contributed by atoms with Gasteiger partial charge in [0.2, 0.25) is 5.91 Å². The molecule has 160 valence electrons. The van der Waals surface area contributed by atoms with Gasteiger partial charge in [-0.3, -0.25) is 14.4 Å². The molecule has 0 bridgehead atoms. The quantitative estimate of drug-likeness (QED) is 0.749. The summed E-state index contributed by atoms with van der Waals surface area (Å²) in [6.07, 6.45) is 2.73. The van der Waals surface area contributed by atoms with Crippen LogP contribution < -0.4 is 10.1 Å². The summed E-state index contributed by atoms with van der Waals surface area (Å²) in [6, 6.07) is 12.8. The molecule has 1 atom stereocenters. The number of ketones is 1. The first-order chi connectivity index (χ1) is 14.9. The number of hydrogen-bond acceptors (Lipinski definition) is 4. The van der Waals surface area contributed by atoms with Crippen molar-refractivity contribution in [1.29, 1.82) is 0 Å². The number of carbonyl (C=O) groups excluding carboxylic acids is 3. The number of fused-ring (bicyclic) bond motifs is 1. The molecule has 0 saturated carbocycles. The van der Waals surface area contributed by atoms with Crippen LogP contribution >= 0.6 is 0 Å². The lowest BCUT2D eigenvalue weighted by atomic mass is 9.99. The van der Waals surface area contributed by atoms with E-state index >= 15 is 0 Å². The van der Waals surface area contributed by atoms with E-state index in [0.29, 0.717) is 49.9 Å². The molecule has 0 spiro atoms. The molecule has 2 amide bonds. The second-order valence-electron chi connectivity index (χ2n) is 8.14. The number of aryl methyl sites for hydroxylation is 1. The van der Waals surface area contributed by atoms with Gasteiger partial charge in [0.1, 0.15) is 17.6 Å². The van der Waals surface area contributed by atoms with E-state index in [1.165, 1.54) is 0 Å². The Morgan fingerprint density at radius 3 is 2.61 bits per heavy atom. The molecule has 0 radical (unpaired) electrons. The Hall–Kier alpha value is -3.41. The molecule has 2 aliphatic heterocycles. The topological polar surface area (TPSA) is 75.7 Å². The average Bonchev–Trinajstić information content (AvgIpc) is 3.08. The lowest BCUT2D eigenvalue weighted by Gasteiger charge is -2.30. The molecule has 6 nitrogen and oxygen atoms in total. The van der Waals surface area contributed by atoms with Gasteiger partial charge in [0, 0.05) is 30.6 Å². The Labute approximate surface area is 181 Å². The van der Waals surface area contributed by atoms with Crippen LogP contribution in [-0.2, 0) is 29.0 Å². The van der Waals surface area contributed by atoms with Gasteiger partial charge in [-0.25, -0.2) is 0 Å². The fourth-order valence-corrected chi connectivity index (χ4v) is 4.21. The largest absolute Gasteiger partial charge is 0.497 e. The van der Waals surface area contributed by atoms with E-state index in [1.54, 1.807) is 12.0 Å². The number of piperidine rings is 1. The summed E-state index contributed by atoms with van der Waals surface area (Å²) in [4.78, 5) is 39.2. The zero-order chi connectivity index (χ0) is 22.0. The fraction of sp³-hybridized carbons (Fsp3) is 0.320. The first-order valence-corrected chi connectivity index (χ1v) is 10.5. The van der Waals surface area contributed by atoms with Crippen LogP contribution in [0.3, 0.4) is 0 Å². The number of methoxy groups -OCH3 is 1. The van der Waals surface area contributed by atoms with Crippen LogP contribution in [0.2, 0.25) is 0 Å². The highest BCUT2D eigenvalue weighted by Crippen LogP contribution is 2.29. The third-order valence-electron chi connectivity index (χ3n) is 5.95. The third-order valence-corrected chi connectivity index (χ3v) is 5.95. The maximum atomic E-state index is 12.8. The van der Waals surface area contributed by atoms with Crippen LogP contribution in [0.1, 0.15) is 46.3 Å². The van der Waals surface area contributed by atoms with Crippen molar-refractivity contribution in [2.24, 2.45) is 0 Å². The summed E-state index contributed by atoms with van der Waals surface area (Å²) >= 11 is 0. The van der Waals surface area contributed by atoms with E-state index in [9.17, 15) is 14.4 Å². The van der Waals surface area contributed by atoms with Crippen molar-refractivity contribution < 1.29 is 19.1 Å². The van der Waals surface area contributed by atoms with Crippen LogP contribution in [0.25, 0.3) is 0 Å². The van der Waals surface area contributed by atoms with Crippen molar-refractivity contribution in [3.05, 3.63) is 77.0 Å². The Bertz CT molecular complexity index is 1040. The molecule has 2 aliphatic rings. The van der Waals surface area contributed by atoms with Gasteiger partial charge in [-0.15, -0.1) is 0 Å². The van der Waals surface area contributed by atoms with Gasteiger partial charge in [-0.2, -0.15) is 0 Å². The van der Waals surface area contributed by atoms with E-state index in [0.717, 1.165) is 22.4 Å². The van der Waals surface area contributed by atoms with E-state index < -0.39 is 6.04 Å². The maximum Gasteiger partial charge on any atom is 0.255 e. The highest BCUT2D eigenvalue weighted by atomic mass is 16.5. The number of amides is 2. The predicted octanol–water partition coefficient (Wildman–Crippen LogP) is 3.19. The average molecular weight is 418 g/mol. The lowest BCUT2D eigenvalue weighted by molar-refractivity contribution is -0.126. The smallest absolute Gasteiger partial charge is 0.255 e. The summed E-state index contributed by atoms with van der Waals surface area (Å²) in [5.41, 5.74) is 4.26. The summed E-state index contributed by atoms with van der Waals surface area (Å²) in [5, 5.41) is 2.75. The number of hydrogen-bond donors (Lipinski definition) is 1. The number of rotatable bonds is 7. The molecular weight excluding hydrogens is 392 g/mol. The minimum atomic E-state index is -0.458. The first kappa shape index (κ1) is 20.8. The van der Waals surface area contributed by atoms with Crippen LogP contribution in [0.5, 0.6) is 5.75 Å². The number of nitrogens with zero attached hydrogens (tertiary/aromatic N) is 1. The summed E-state index contributed by atoms with van der Waals surface area (Å²) < 4.78 is 5.14. The van der Waals surface area contributed by atoms with Crippen molar-refractivity contribution >= 4 is 17.6 Å². The molecule has 1 fully saturated rings. The van der Waals surface area contributed by atoms with Crippen molar-refractivity contribution in [2.75, 3.05) is 7.11 Å². The zero-order valence-electron chi connectivity index (χ0n) is 17.6. The van der Waals surface area contributed by atoms with Crippen molar-refractivity contribution in [1.82, 2.24) is 10.2 Å². The minimum Gasteiger partial charge on any atom is -0.497 e. The van der Waals surface area contributed by atoms with Crippen molar-refractivity contribution in [3.8, 4) is 5.75 Å². The number of nitrogens with one attached hydrogen (secondary N) is 1. The molecule has 2 aromatic carbocycles. The Morgan fingerprint density at radius 1 is 1.16 bits per heavy atom. The molecule has 1 unspecified atom stereocenters. The molecule has 0 aliphatic carbocycles. The number of carbonyl (C=O) groups is 3. The van der Waals surface area contributed by atoms with Crippen LogP contribution in [-0.4, -0.2) is 35.6 Å². The number of allylic oxidation sites excluding steroid dienone is 1. The zero-order valence-corrected chi connectivity index (χ0v) is 17.6. The monoisotopic (exact) mass is 418 g/mol. The van der Waals surface area contributed by atoms with Crippen molar-refractivity contribution in [2.45, 2.75) is 44.7 Å². The van der Waals surface area contributed by atoms with Crippen LogP contribution in [0, 0.1) is 0 Å². The summed E-state index contributed by atoms with van der Waals surface area (Å²) in [7, 11) is 1.62. The number of Topliss-reactive ketones (excluding diaryl/α,β-unsaturated/α-hetero) is 1. The highest BCUT2D eigenvalue weighted by molar-refractivity contribution is 6.01. The van der Waals surface area contributed by atoms with Gasteiger partial charge in [0.15, 0.2) is 0 Å². The Kier molecular flexibility index (Phi) is 5.89. The predicted molar refractivity (Wildman–Crippen MR) is 117 cm³/mol. The Morgan fingerprint density at radius 2 is 1.90 bits per heavy atom. The standard InChI is InChI=1S/C25H26N2O4/c1-16-3-12-23(24(29)26-16)27-15-19-13-17(7-11-22(19)25(27)30)4-8-20(28)14-18-5-9-21(31-2)10-6-18/h5-7,9-11,13,23H,1,3-4,8,12,14-15H2,2H3,(H,26,29). The molecule has 1 saturated heterocycles. The molecule has 1 N–H and O–H groups in total. The van der Waals surface area contributed by atoms with E-state index in [2.05, 4.69) is 11.9 Å². The first-order valence-electron chi connectivity index (χ1n) is 10.5. The SMILES string of the molecule is C=C1CCC(N2Cc3cc(CCC(=O)Cc4ccc(OC)cc4)ccc3C2=O)C(=O)N1. The van der Waals surface area contributed by atoms with Crippen LogP contribution in [0.15, 0.2) is 54.7 Å². The third kappa shape index (κ3) is 4.53. The van der Waals surface area contributed by atoms with Gasteiger partial charge in [-0.05, 0) is 54.2 Å². The van der Waals surface area contributed by atoms with Gasteiger partial charge in [0.25, 0.3) is 5.91 Å². The summed E-state index contributed by atoms with van der Waals surface area (Å²) in [5.74, 6) is 0.669. The number of ether oxygens (including phenoxy) is 1. The maximum absolute atomic E-state index is 12.8. The molecule has 6 heteroatoms. The molecular formula is C25H26N2O4. The second-order valence-corrected chi connectivity index (χ2v) is 8.14. The molecule has 0 aromatic heterocycles. The van der Waals surface area contributed by atoms with E-state index in [1.807, 2.05) is 42.5 Å². The van der Waals surface area contributed by atoms with Crippen LogP contribution in [0.4, 0.5) is 0 Å². The van der Waals surface area contributed by atoms with Crippen molar-refractivity contribution in [3.63, 3.8) is 0 Å². The van der Waals surface area contributed by atoms with Gasteiger partial charge in [0.05, 0.1) is 7.11 Å². The lowest BCUT2D eigenvalue weighted by Crippen LogP contribution is -2.49. The molecule has 2 heterocycles. The van der Waals surface area contributed by atoms with E-state index in [4.69, 9.17) is 4.74 Å². The normalized spacial score (nSPS) is 18.0. The molecule has 2 aromatic rings. The fourth-order valence-electron chi connectivity index (χ4n) is 4.21. The second kappa shape index (κ2) is 8.76. The van der Waals surface area contributed by atoms with Gasteiger partial charge in [-0.1, -0.05) is 30.8 Å². The molecule has 4 rings (SSSR count). The number of benzene rings is 2. The minimum absolute atomic E-state index is 0.107. The van der Waals surface area contributed by atoms with Gasteiger partial charge < -0.3 is 15.0 Å². The van der Waals surface area contributed by atoms with E-state index in [-0.39, 0.29) is 17.6 Å². The molecule has 31 heavy (non-hydrogen) atoms. The summed E-state index contributed by atoms with van der Waals surface area (Å²) in [6.45, 7) is 4.22.